The van der Waals surface area contributed by atoms with Crippen LogP contribution in [0.5, 0.6) is 0 Å². The highest BCUT2D eigenvalue weighted by atomic mass is 16.5. The second kappa shape index (κ2) is 8.03. The van der Waals surface area contributed by atoms with Gasteiger partial charge in [0.1, 0.15) is 17.5 Å². The number of nitrogen functional groups attached to an aromatic ring is 1. The molecule has 0 aliphatic carbocycles. The highest BCUT2D eigenvalue weighted by Gasteiger charge is 2.16. The van der Waals surface area contributed by atoms with E-state index in [0.29, 0.717) is 34.9 Å². The summed E-state index contributed by atoms with van der Waals surface area (Å²) < 4.78 is 5.59. The third kappa shape index (κ3) is 3.77. The van der Waals surface area contributed by atoms with Crippen molar-refractivity contribution in [2.24, 2.45) is 0 Å². The Hall–Kier alpha value is -3.50. The van der Waals surface area contributed by atoms with Gasteiger partial charge in [0.25, 0.3) is 0 Å². The van der Waals surface area contributed by atoms with Crippen LogP contribution in [0, 0.1) is 11.3 Å². The van der Waals surface area contributed by atoms with Gasteiger partial charge < -0.3 is 15.8 Å². The van der Waals surface area contributed by atoms with Gasteiger partial charge in [-0.15, -0.1) is 0 Å². The molecule has 3 aromatic rings. The van der Waals surface area contributed by atoms with Crippen LogP contribution in [0.1, 0.15) is 18.4 Å². The minimum atomic E-state index is 0.194. The third-order valence-electron chi connectivity index (χ3n) is 4.70. The van der Waals surface area contributed by atoms with Crippen LogP contribution in [0.3, 0.4) is 0 Å². The number of rotatable bonds is 5. The third-order valence-corrected chi connectivity index (χ3v) is 4.70. The van der Waals surface area contributed by atoms with Gasteiger partial charge in [-0.25, -0.2) is 15.0 Å². The predicted molar refractivity (Wildman–Crippen MR) is 107 cm³/mol. The Morgan fingerprint density at radius 3 is 2.64 bits per heavy atom. The van der Waals surface area contributed by atoms with E-state index in [0.717, 1.165) is 25.0 Å². The summed E-state index contributed by atoms with van der Waals surface area (Å²) >= 11 is 0. The van der Waals surface area contributed by atoms with Crippen molar-refractivity contribution in [2.45, 2.75) is 18.9 Å². The van der Waals surface area contributed by atoms with Gasteiger partial charge >= 0.3 is 0 Å². The molecule has 2 aromatic heterocycles. The van der Waals surface area contributed by atoms with E-state index in [1.54, 1.807) is 12.4 Å². The van der Waals surface area contributed by atoms with E-state index in [1.165, 1.54) is 0 Å². The molecule has 3 heterocycles. The lowest BCUT2D eigenvalue weighted by Gasteiger charge is -2.12. The molecule has 7 nitrogen and oxygen atoms in total. The number of benzene rings is 1. The average Bonchev–Trinajstić information content (AvgIpc) is 3.26. The van der Waals surface area contributed by atoms with E-state index < -0.39 is 0 Å². The molecular formula is C21H20N6O. The maximum absolute atomic E-state index is 9.55. The van der Waals surface area contributed by atoms with Crippen LogP contribution in [0.15, 0.2) is 48.8 Å². The smallest absolute Gasteiger partial charge is 0.222 e. The first-order chi connectivity index (χ1) is 13.7. The van der Waals surface area contributed by atoms with E-state index in [9.17, 15) is 5.26 Å². The van der Waals surface area contributed by atoms with E-state index in [1.807, 2.05) is 36.4 Å². The molecule has 1 atom stereocenters. The van der Waals surface area contributed by atoms with Crippen molar-refractivity contribution < 1.29 is 4.74 Å². The summed E-state index contributed by atoms with van der Waals surface area (Å²) in [7, 11) is 0. The van der Waals surface area contributed by atoms with E-state index in [-0.39, 0.29) is 11.9 Å². The molecule has 3 N–H and O–H groups in total. The summed E-state index contributed by atoms with van der Waals surface area (Å²) in [6, 6.07) is 13.7. The lowest BCUT2D eigenvalue weighted by Crippen LogP contribution is -2.19. The first-order valence-electron chi connectivity index (χ1n) is 9.18. The molecular weight excluding hydrogens is 352 g/mol. The first-order valence-corrected chi connectivity index (χ1v) is 9.18. The van der Waals surface area contributed by atoms with Gasteiger partial charge in [-0.1, -0.05) is 30.3 Å². The van der Waals surface area contributed by atoms with Crippen molar-refractivity contribution in [2.75, 3.05) is 24.2 Å². The van der Waals surface area contributed by atoms with Gasteiger partial charge in [0, 0.05) is 42.2 Å². The van der Waals surface area contributed by atoms with Crippen LogP contribution < -0.4 is 11.1 Å². The zero-order valence-corrected chi connectivity index (χ0v) is 15.3. The van der Waals surface area contributed by atoms with E-state index in [4.69, 9.17) is 10.5 Å². The number of aromatic nitrogens is 3. The van der Waals surface area contributed by atoms with E-state index >= 15 is 0 Å². The van der Waals surface area contributed by atoms with Crippen molar-refractivity contribution in [1.29, 1.82) is 5.26 Å². The van der Waals surface area contributed by atoms with Crippen LogP contribution in [-0.2, 0) is 4.74 Å². The molecule has 140 valence electrons. The summed E-state index contributed by atoms with van der Waals surface area (Å²) in [6.07, 6.45) is 5.73. The lowest BCUT2D eigenvalue weighted by molar-refractivity contribution is 0.120. The number of ether oxygens (including phenoxy) is 1. The van der Waals surface area contributed by atoms with Gasteiger partial charge in [0.15, 0.2) is 0 Å². The predicted octanol–water partition coefficient (Wildman–Crippen LogP) is 3.25. The van der Waals surface area contributed by atoms with Gasteiger partial charge in [-0.2, -0.15) is 5.26 Å². The molecule has 28 heavy (non-hydrogen) atoms. The van der Waals surface area contributed by atoms with Crippen LogP contribution in [-0.4, -0.2) is 34.2 Å². The fraction of sp³-hybridized carbons (Fsp3) is 0.238. The van der Waals surface area contributed by atoms with Crippen LogP contribution >= 0.6 is 0 Å². The molecule has 7 heteroatoms. The summed E-state index contributed by atoms with van der Waals surface area (Å²) in [6.45, 7) is 1.50. The Morgan fingerprint density at radius 1 is 1.18 bits per heavy atom. The van der Waals surface area contributed by atoms with Gasteiger partial charge in [-0.3, -0.25) is 0 Å². The largest absolute Gasteiger partial charge is 0.383 e. The number of nitrogens with one attached hydrogen (secondary N) is 1. The quantitative estimate of drug-likeness (QED) is 0.707. The number of hydrogen-bond donors (Lipinski definition) is 2. The number of hydrogen-bond acceptors (Lipinski definition) is 7. The number of pyridine rings is 1. The molecule has 0 radical (unpaired) electrons. The maximum atomic E-state index is 9.55. The van der Waals surface area contributed by atoms with Crippen molar-refractivity contribution >= 4 is 11.8 Å². The molecule has 1 unspecified atom stereocenters. The highest BCUT2D eigenvalue weighted by molar-refractivity contribution is 5.79. The van der Waals surface area contributed by atoms with Gasteiger partial charge in [0.05, 0.1) is 11.8 Å². The topological polar surface area (TPSA) is 110 Å². The van der Waals surface area contributed by atoms with Crippen LogP contribution in [0.2, 0.25) is 0 Å². The molecule has 1 aliphatic rings. The lowest BCUT2D eigenvalue weighted by atomic mass is 10.0. The van der Waals surface area contributed by atoms with Gasteiger partial charge in [-0.05, 0) is 18.9 Å². The van der Waals surface area contributed by atoms with Crippen molar-refractivity contribution in [1.82, 2.24) is 15.0 Å². The second-order valence-corrected chi connectivity index (χ2v) is 6.60. The second-order valence-electron chi connectivity index (χ2n) is 6.60. The first kappa shape index (κ1) is 17.9. The number of nitriles is 1. The molecule has 1 fully saturated rings. The zero-order valence-electron chi connectivity index (χ0n) is 15.3. The van der Waals surface area contributed by atoms with Crippen LogP contribution in [0.25, 0.3) is 22.4 Å². The zero-order chi connectivity index (χ0) is 19.3. The molecule has 1 aliphatic heterocycles. The number of anilines is 2. The Labute approximate surface area is 163 Å². The summed E-state index contributed by atoms with van der Waals surface area (Å²) in [5.41, 5.74) is 9.38. The molecule has 0 saturated carbocycles. The standard InChI is InChI=1S/C21H20N6O/c22-10-18-17(9-19(27-20(18)23)14-5-2-1-3-6-14)15-11-24-21(25-12-15)26-13-16-7-4-8-28-16/h1-3,5-6,9,11-12,16H,4,7-8,13H2,(H2,23,27)(H,24,25,26). The van der Waals surface area contributed by atoms with Crippen molar-refractivity contribution in [3.05, 3.63) is 54.4 Å². The van der Waals surface area contributed by atoms with E-state index in [2.05, 4.69) is 26.3 Å². The van der Waals surface area contributed by atoms with Crippen molar-refractivity contribution in [3.63, 3.8) is 0 Å². The minimum Gasteiger partial charge on any atom is -0.383 e. The molecule has 1 aromatic carbocycles. The summed E-state index contributed by atoms with van der Waals surface area (Å²) in [4.78, 5) is 13.1. The molecule has 0 spiro atoms. The van der Waals surface area contributed by atoms with Crippen molar-refractivity contribution in [3.8, 4) is 28.5 Å². The maximum Gasteiger partial charge on any atom is 0.222 e. The summed E-state index contributed by atoms with van der Waals surface area (Å²) in [5, 5.41) is 12.7. The van der Waals surface area contributed by atoms with Gasteiger partial charge in [0.2, 0.25) is 5.95 Å². The normalized spacial score (nSPS) is 15.9. The highest BCUT2D eigenvalue weighted by Crippen LogP contribution is 2.30. The Balaban J connectivity index is 1.62. The Morgan fingerprint density at radius 2 is 1.96 bits per heavy atom. The number of nitrogens with two attached hydrogens (primary N) is 1. The number of nitrogens with zero attached hydrogens (tertiary/aromatic N) is 4. The Kier molecular flexibility index (Phi) is 5.13. The fourth-order valence-corrected chi connectivity index (χ4v) is 3.24. The monoisotopic (exact) mass is 372 g/mol. The van der Waals surface area contributed by atoms with Crippen LogP contribution in [0.4, 0.5) is 11.8 Å². The summed E-state index contributed by atoms with van der Waals surface area (Å²) in [5.74, 6) is 0.725. The fourth-order valence-electron chi connectivity index (χ4n) is 3.24. The minimum absolute atomic E-state index is 0.194. The Bertz CT molecular complexity index is 992. The molecule has 0 amide bonds. The molecule has 0 bridgehead atoms. The average molecular weight is 372 g/mol. The molecule has 4 rings (SSSR count). The molecule has 1 saturated heterocycles. The SMILES string of the molecule is N#Cc1c(-c2cnc(NCC3CCCO3)nc2)cc(-c2ccccc2)nc1N.